The molecule has 9 heteroatoms. The molecule has 0 radical (unpaired) electrons. The van der Waals surface area contributed by atoms with Crippen molar-refractivity contribution in [2.75, 3.05) is 20.7 Å². The molecule has 0 amide bonds. The van der Waals surface area contributed by atoms with Gasteiger partial charge in [0.15, 0.2) is 0 Å². The first-order valence-corrected chi connectivity index (χ1v) is 9.53. The highest BCUT2D eigenvalue weighted by atomic mass is 32.2. The summed E-state index contributed by atoms with van der Waals surface area (Å²) in [7, 11) is -0.566. The lowest BCUT2D eigenvalue weighted by molar-refractivity contribution is 0.296. The second kappa shape index (κ2) is 7.45. The first kappa shape index (κ1) is 19.0. The number of hydrogen-bond donors (Lipinski definition) is 0. The van der Waals surface area contributed by atoms with Gasteiger partial charge in [0, 0.05) is 20.2 Å². The van der Waals surface area contributed by atoms with Crippen molar-refractivity contribution in [2.45, 2.75) is 11.4 Å². The second-order valence-electron chi connectivity index (χ2n) is 6.01. The molecular weight excluding hydrogens is 373 g/mol. The number of sulfonamides is 1. The fourth-order valence-electron chi connectivity index (χ4n) is 2.47. The quantitative estimate of drug-likeness (QED) is 0.641. The summed E-state index contributed by atoms with van der Waals surface area (Å²) in [4.78, 5) is 16.6. The third-order valence-corrected chi connectivity index (χ3v) is 5.82. The molecule has 0 N–H and O–H groups in total. The zero-order valence-electron chi connectivity index (χ0n) is 14.8. The fraction of sp³-hybridized carbons (Fsp3) is 0.222. The summed E-state index contributed by atoms with van der Waals surface area (Å²) >= 11 is 0. The fourth-order valence-corrected chi connectivity index (χ4v) is 3.37. The van der Waals surface area contributed by atoms with Crippen LogP contribution in [0.5, 0.6) is 5.75 Å². The van der Waals surface area contributed by atoms with Crippen molar-refractivity contribution in [3.05, 3.63) is 65.0 Å². The molecule has 0 unspecified atom stereocenters. The van der Waals surface area contributed by atoms with Crippen molar-refractivity contribution in [2.24, 2.45) is 0 Å². The van der Waals surface area contributed by atoms with E-state index in [9.17, 15) is 17.6 Å². The number of benzene rings is 2. The lowest BCUT2D eigenvalue weighted by Gasteiger charge is -2.12. The van der Waals surface area contributed by atoms with Crippen LogP contribution in [0.15, 0.2) is 58.5 Å². The number of hydrogen-bond acceptors (Lipinski definition) is 5. The molecule has 0 bridgehead atoms. The number of ether oxygens (including phenoxy) is 1. The summed E-state index contributed by atoms with van der Waals surface area (Å²) in [6.45, 7) is 0.435. The zero-order chi connectivity index (χ0) is 19.6. The van der Waals surface area contributed by atoms with Crippen LogP contribution < -0.4 is 10.3 Å². The Kier molecular flexibility index (Phi) is 5.24. The molecule has 0 aliphatic carbocycles. The van der Waals surface area contributed by atoms with Crippen LogP contribution in [-0.2, 0) is 16.6 Å². The van der Waals surface area contributed by atoms with Crippen LogP contribution in [0.3, 0.4) is 0 Å². The third-order valence-electron chi connectivity index (χ3n) is 3.99. The molecule has 3 aromatic rings. The lowest BCUT2D eigenvalue weighted by atomic mass is 10.2. The van der Waals surface area contributed by atoms with Crippen molar-refractivity contribution >= 4 is 20.9 Å². The monoisotopic (exact) mass is 391 g/mol. The van der Waals surface area contributed by atoms with Gasteiger partial charge in [0.2, 0.25) is 10.0 Å². The van der Waals surface area contributed by atoms with Crippen molar-refractivity contribution < 1.29 is 17.5 Å². The Labute approximate surface area is 155 Å². The Morgan fingerprint density at radius 2 is 1.85 bits per heavy atom. The number of fused-ring (bicyclic) bond motifs is 1. The summed E-state index contributed by atoms with van der Waals surface area (Å²) in [5.41, 5.74) is 0.0193. The second-order valence-corrected chi connectivity index (χ2v) is 8.16. The maximum Gasteiger partial charge on any atom is 0.261 e. The largest absolute Gasteiger partial charge is 0.492 e. The molecule has 1 heterocycles. The van der Waals surface area contributed by atoms with E-state index in [4.69, 9.17) is 4.74 Å². The Bertz CT molecular complexity index is 1130. The Balaban J connectivity index is 1.68. The van der Waals surface area contributed by atoms with Crippen LogP contribution in [0, 0.1) is 5.82 Å². The van der Waals surface area contributed by atoms with E-state index in [1.165, 1.54) is 55.3 Å². The van der Waals surface area contributed by atoms with Gasteiger partial charge < -0.3 is 4.74 Å². The van der Waals surface area contributed by atoms with Crippen LogP contribution in [0.4, 0.5) is 4.39 Å². The minimum Gasteiger partial charge on any atom is -0.492 e. The smallest absolute Gasteiger partial charge is 0.261 e. The summed E-state index contributed by atoms with van der Waals surface area (Å²) < 4.78 is 45.3. The highest BCUT2D eigenvalue weighted by molar-refractivity contribution is 7.89. The summed E-state index contributed by atoms with van der Waals surface area (Å²) in [6, 6.07) is 9.87. The highest BCUT2D eigenvalue weighted by Gasteiger charge is 2.16. The van der Waals surface area contributed by atoms with Crippen LogP contribution in [0.25, 0.3) is 10.9 Å². The average Bonchev–Trinajstić information content (AvgIpc) is 2.64. The van der Waals surface area contributed by atoms with Crippen molar-refractivity contribution in [3.8, 4) is 5.75 Å². The van der Waals surface area contributed by atoms with Gasteiger partial charge in [0.1, 0.15) is 18.2 Å². The summed E-state index contributed by atoms with van der Waals surface area (Å²) in [5, 5.41) is 0.331. The lowest BCUT2D eigenvalue weighted by Crippen LogP contribution is -2.23. The van der Waals surface area contributed by atoms with Crippen LogP contribution in [-0.4, -0.2) is 43.0 Å². The Morgan fingerprint density at radius 1 is 1.15 bits per heavy atom. The van der Waals surface area contributed by atoms with Crippen molar-refractivity contribution in [1.82, 2.24) is 13.9 Å². The number of halogens is 1. The average molecular weight is 391 g/mol. The van der Waals surface area contributed by atoms with E-state index >= 15 is 0 Å². The first-order valence-electron chi connectivity index (χ1n) is 8.09. The number of rotatable bonds is 6. The van der Waals surface area contributed by atoms with E-state index in [-0.39, 0.29) is 23.6 Å². The molecular formula is C18H18FN3O4S. The van der Waals surface area contributed by atoms with E-state index in [0.29, 0.717) is 16.7 Å². The van der Waals surface area contributed by atoms with Gasteiger partial charge in [0.25, 0.3) is 5.56 Å². The van der Waals surface area contributed by atoms with Gasteiger partial charge in [-0.2, -0.15) is 0 Å². The van der Waals surface area contributed by atoms with Crippen molar-refractivity contribution in [3.63, 3.8) is 0 Å². The van der Waals surface area contributed by atoms with Gasteiger partial charge in [-0.25, -0.2) is 22.1 Å². The maximum absolute atomic E-state index is 13.2. The van der Waals surface area contributed by atoms with Gasteiger partial charge in [-0.1, -0.05) is 0 Å². The molecule has 0 aliphatic rings. The molecule has 0 atom stereocenters. The molecule has 3 rings (SSSR count). The first-order chi connectivity index (χ1) is 12.8. The number of nitrogens with zero attached hydrogens (tertiary/aromatic N) is 3. The van der Waals surface area contributed by atoms with Crippen LogP contribution in [0.2, 0.25) is 0 Å². The molecule has 0 saturated carbocycles. The number of aromatic nitrogens is 2. The van der Waals surface area contributed by atoms with E-state index in [0.717, 1.165) is 4.31 Å². The Morgan fingerprint density at radius 3 is 2.52 bits per heavy atom. The molecule has 2 aromatic carbocycles. The van der Waals surface area contributed by atoms with Gasteiger partial charge in [-0.15, -0.1) is 0 Å². The SMILES string of the molecule is CN(C)S(=O)(=O)c1ccc(OCCn2cnc3cc(F)ccc3c2=O)cc1. The molecule has 0 saturated heterocycles. The van der Waals surface area contributed by atoms with Crippen LogP contribution in [0.1, 0.15) is 0 Å². The molecule has 0 fully saturated rings. The standard InChI is InChI=1S/C18H18FN3O4S/c1-21(2)27(24,25)15-6-4-14(5-7-15)26-10-9-22-12-20-17-11-13(19)3-8-16(17)18(22)23/h3-8,11-12H,9-10H2,1-2H3. The van der Waals surface area contributed by atoms with Crippen molar-refractivity contribution in [1.29, 1.82) is 0 Å². The molecule has 0 spiro atoms. The summed E-state index contributed by atoms with van der Waals surface area (Å²) in [6.07, 6.45) is 1.35. The molecule has 27 heavy (non-hydrogen) atoms. The molecule has 0 aliphatic heterocycles. The predicted octanol–water partition coefficient (Wildman–Crippen LogP) is 1.86. The predicted molar refractivity (Wildman–Crippen MR) is 98.8 cm³/mol. The topological polar surface area (TPSA) is 81.5 Å². The van der Waals surface area contributed by atoms with Gasteiger partial charge in [0.05, 0.1) is 28.7 Å². The van der Waals surface area contributed by atoms with E-state index < -0.39 is 15.8 Å². The normalized spacial score (nSPS) is 11.9. The van der Waals surface area contributed by atoms with E-state index in [1.807, 2.05) is 0 Å². The zero-order valence-corrected chi connectivity index (χ0v) is 15.6. The van der Waals surface area contributed by atoms with Gasteiger partial charge >= 0.3 is 0 Å². The highest BCUT2D eigenvalue weighted by Crippen LogP contribution is 2.18. The minimum absolute atomic E-state index is 0.169. The van der Waals surface area contributed by atoms with Gasteiger partial charge in [-0.3, -0.25) is 9.36 Å². The molecule has 1 aromatic heterocycles. The molecule has 7 nitrogen and oxygen atoms in total. The van der Waals surface area contributed by atoms with E-state index in [1.54, 1.807) is 12.1 Å². The Hall–Kier alpha value is -2.78. The third kappa shape index (κ3) is 3.99. The summed E-state index contributed by atoms with van der Waals surface area (Å²) in [5.74, 6) is 0.0341. The minimum atomic E-state index is -3.49. The molecule has 142 valence electrons. The van der Waals surface area contributed by atoms with Crippen LogP contribution >= 0.6 is 0 Å². The van der Waals surface area contributed by atoms with Gasteiger partial charge in [-0.05, 0) is 36.4 Å². The maximum atomic E-state index is 13.2. The van der Waals surface area contributed by atoms with E-state index in [2.05, 4.69) is 4.98 Å².